The van der Waals surface area contributed by atoms with Crippen molar-refractivity contribution in [1.82, 2.24) is 5.32 Å². The van der Waals surface area contributed by atoms with Crippen LogP contribution in [0.25, 0.3) is 0 Å². The van der Waals surface area contributed by atoms with Crippen LogP contribution in [0.1, 0.15) is 40.9 Å². The monoisotopic (exact) mass is 250 g/mol. The fraction of sp³-hybridized carbons (Fsp3) is 0.462. The second kappa shape index (κ2) is 5.35. The number of hydrogen-bond donors (Lipinski definition) is 2. The van der Waals surface area contributed by atoms with Gasteiger partial charge in [0.05, 0.1) is 16.3 Å². The highest BCUT2D eigenvalue weighted by atomic mass is 32.1. The molecule has 4 heteroatoms. The zero-order valence-corrected chi connectivity index (χ0v) is 11.5. The largest absolute Gasteiger partial charge is 0.347 e. The van der Waals surface area contributed by atoms with E-state index in [1.165, 1.54) is 11.3 Å². The summed E-state index contributed by atoms with van der Waals surface area (Å²) in [5.41, 5.74) is 6.13. The normalized spacial score (nSPS) is 10.6. The Bertz CT molecular complexity index is 472. The average Bonchev–Trinajstić information content (AvgIpc) is 2.54. The molecule has 1 amide bonds. The third-order valence-electron chi connectivity index (χ3n) is 1.93. The minimum atomic E-state index is -0.224. The number of rotatable bonds is 1. The molecular weight excluding hydrogens is 232 g/mol. The van der Waals surface area contributed by atoms with E-state index in [1.807, 2.05) is 33.8 Å². The predicted octanol–water partition coefficient (Wildman–Crippen LogP) is 1.90. The molecular formula is C13H18N2OS. The summed E-state index contributed by atoms with van der Waals surface area (Å²) in [5.74, 6) is 5.73. The number of carbonyl (C=O) groups is 1. The van der Waals surface area contributed by atoms with Crippen LogP contribution in [0.5, 0.6) is 0 Å². The highest BCUT2D eigenvalue weighted by Gasteiger charge is 2.17. The van der Waals surface area contributed by atoms with Crippen molar-refractivity contribution in [2.75, 3.05) is 6.54 Å². The van der Waals surface area contributed by atoms with Crippen LogP contribution in [0, 0.1) is 18.8 Å². The van der Waals surface area contributed by atoms with Crippen LogP contribution in [0.2, 0.25) is 0 Å². The molecule has 1 aromatic rings. The Morgan fingerprint density at radius 2 is 2.18 bits per heavy atom. The third kappa shape index (κ3) is 4.22. The molecule has 0 aliphatic carbocycles. The number of nitrogens with two attached hydrogens (primary N) is 1. The van der Waals surface area contributed by atoms with Crippen LogP contribution in [0.15, 0.2) is 6.07 Å². The summed E-state index contributed by atoms with van der Waals surface area (Å²) in [4.78, 5) is 13.5. The lowest BCUT2D eigenvalue weighted by Gasteiger charge is -2.19. The molecule has 0 atom stereocenters. The van der Waals surface area contributed by atoms with Crippen LogP contribution in [0.3, 0.4) is 0 Å². The molecule has 0 saturated heterocycles. The Balaban J connectivity index is 2.90. The van der Waals surface area contributed by atoms with Crippen molar-refractivity contribution >= 4 is 17.2 Å². The van der Waals surface area contributed by atoms with E-state index < -0.39 is 0 Å². The number of aryl methyl sites for hydroxylation is 1. The van der Waals surface area contributed by atoms with E-state index in [0.29, 0.717) is 11.4 Å². The molecule has 1 aromatic heterocycles. The highest BCUT2D eigenvalue weighted by Crippen LogP contribution is 2.21. The molecule has 0 aliphatic heterocycles. The van der Waals surface area contributed by atoms with Gasteiger partial charge < -0.3 is 11.1 Å². The number of amides is 1. The number of hydrogen-bond acceptors (Lipinski definition) is 3. The number of carbonyl (C=O) groups excluding carboxylic acids is 1. The summed E-state index contributed by atoms with van der Waals surface area (Å²) in [6.45, 7) is 8.16. The van der Waals surface area contributed by atoms with Gasteiger partial charge in [0.2, 0.25) is 0 Å². The van der Waals surface area contributed by atoms with Crippen molar-refractivity contribution in [3.8, 4) is 11.8 Å². The van der Waals surface area contributed by atoms with Gasteiger partial charge in [0.25, 0.3) is 5.91 Å². The quantitative estimate of drug-likeness (QED) is 0.748. The zero-order chi connectivity index (χ0) is 13.1. The molecule has 0 radical (unpaired) electrons. The molecule has 0 aromatic carbocycles. The maximum atomic E-state index is 11.9. The highest BCUT2D eigenvalue weighted by molar-refractivity contribution is 7.14. The van der Waals surface area contributed by atoms with E-state index in [4.69, 9.17) is 5.73 Å². The van der Waals surface area contributed by atoms with Crippen molar-refractivity contribution in [2.24, 2.45) is 5.73 Å². The maximum absolute atomic E-state index is 11.9. The summed E-state index contributed by atoms with van der Waals surface area (Å²) in [6.07, 6.45) is 0. The third-order valence-corrected chi connectivity index (χ3v) is 3.09. The lowest BCUT2D eigenvalue weighted by molar-refractivity contribution is 0.0923. The van der Waals surface area contributed by atoms with Crippen molar-refractivity contribution in [3.05, 3.63) is 21.4 Å². The summed E-state index contributed by atoms with van der Waals surface area (Å²) >= 11 is 1.41. The molecule has 1 heterocycles. The molecule has 17 heavy (non-hydrogen) atoms. The predicted molar refractivity (Wildman–Crippen MR) is 72.2 cm³/mol. The lowest BCUT2D eigenvalue weighted by atomic mass is 10.1. The van der Waals surface area contributed by atoms with Gasteiger partial charge in [-0.25, -0.2) is 0 Å². The van der Waals surface area contributed by atoms with Crippen molar-refractivity contribution in [2.45, 2.75) is 33.2 Å². The summed E-state index contributed by atoms with van der Waals surface area (Å²) in [5, 5.41) is 2.93. The molecule has 0 spiro atoms. The number of nitrogens with one attached hydrogen (secondary N) is 1. The van der Waals surface area contributed by atoms with Crippen LogP contribution < -0.4 is 11.1 Å². The van der Waals surface area contributed by atoms with Crippen molar-refractivity contribution in [3.63, 3.8) is 0 Å². The standard InChI is InChI=1S/C13H18N2OS/c1-9-8-11(12(16)15-13(2,3)4)17-10(9)6-5-7-14/h8H,7,14H2,1-4H3,(H,15,16). The van der Waals surface area contributed by atoms with Gasteiger partial charge in [-0.15, -0.1) is 11.3 Å². The molecule has 1 rings (SSSR count). The molecule has 0 unspecified atom stereocenters. The fourth-order valence-corrected chi connectivity index (χ4v) is 2.19. The molecule has 92 valence electrons. The minimum absolute atomic E-state index is 0.0496. The van der Waals surface area contributed by atoms with Gasteiger partial charge in [-0.2, -0.15) is 0 Å². The molecule has 3 nitrogen and oxygen atoms in total. The van der Waals surface area contributed by atoms with Crippen LogP contribution in [-0.2, 0) is 0 Å². The first-order valence-electron chi connectivity index (χ1n) is 5.45. The van der Waals surface area contributed by atoms with E-state index in [1.54, 1.807) is 0 Å². The molecule has 0 aliphatic rings. The molecule has 0 bridgehead atoms. The molecule has 3 N–H and O–H groups in total. The van der Waals surface area contributed by atoms with Gasteiger partial charge in [0, 0.05) is 5.54 Å². The zero-order valence-electron chi connectivity index (χ0n) is 10.7. The fourth-order valence-electron chi connectivity index (χ4n) is 1.25. The smallest absolute Gasteiger partial charge is 0.261 e. The van der Waals surface area contributed by atoms with E-state index >= 15 is 0 Å². The van der Waals surface area contributed by atoms with Gasteiger partial charge in [-0.3, -0.25) is 4.79 Å². The molecule has 0 fully saturated rings. The maximum Gasteiger partial charge on any atom is 0.261 e. The van der Waals surface area contributed by atoms with Gasteiger partial charge in [-0.05, 0) is 39.3 Å². The van der Waals surface area contributed by atoms with Crippen LogP contribution in [0.4, 0.5) is 0 Å². The Kier molecular flexibility index (Phi) is 4.33. The minimum Gasteiger partial charge on any atom is -0.347 e. The van der Waals surface area contributed by atoms with Gasteiger partial charge in [0.15, 0.2) is 0 Å². The SMILES string of the molecule is Cc1cc(C(=O)NC(C)(C)C)sc1C#CCN. The van der Waals surface area contributed by atoms with Crippen LogP contribution in [-0.4, -0.2) is 18.0 Å². The van der Waals surface area contributed by atoms with Gasteiger partial charge >= 0.3 is 0 Å². The lowest BCUT2D eigenvalue weighted by Crippen LogP contribution is -2.40. The topological polar surface area (TPSA) is 55.1 Å². The Morgan fingerprint density at radius 1 is 1.53 bits per heavy atom. The molecule has 0 saturated carbocycles. The summed E-state index contributed by atoms with van der Waals surface area (Å²) < 4.78 is 0. The second-order valence-electron chi connectivity index (χ2n) is 4.83. The summed E-state index contributed by atoms with van der Waals surface area (Å²) in [6, 6.07) is 1.87. The van der Waals surface area contributed by atoms with E-state index in [9.17, 15) is 4.79 Å². The van der Waals surface area contributed by atoms with Crippen LogP contribution >= 0.6 is 11.3 Å². The van der Waals surface area contributed by atoms with E-state index in [2.05, 4.69) is 17.2 Å². The van der Waals surface area contributed by atoms with Gasteiger partial charge in [0.1, 0.15) is 0 Å². The first kappa shape index (κ1) is 13.8. The Labute approximate surface area is 106 Å². The van der Waals surface area contributed by atoms with Crippen molar-refractivity contribution in [1.29, 1.82) is 0 Å². The Hall–Kier alpha value is -1.31. The summed E-state index contributed by atoms with van der Waals surface area (Å²) in [7, 11) is 0. The Morgan fingerprint density at radius 3 is 2.71 bits per heavy atom. The van der Waals surface area contributed by atoms with Crippen molar-refractivity contribution < 1.29 is 4.79 Å². The van der Waals surface area contributed by atoms with E-state index in [0.717, 1.165) is 10.4 Å². The second-order valence-corrected chi connectivity index (χ2v) is 5.89. The first-order chi connectivity index (χ1) is 7.83. The van der Waals surface area contributed by atoms with E-state index in [-0.39, 0.29) is 11.4 Å². The van der Waals surface area contributed by atoms with Gasteiger partial charge in [-0.1, -0.05) is 11.8 Å². The average molecular weight is 250 g/mol. The number of thiophene rings is 1. The first-order valence-corrected chi connectivity index (χ1v) is 6.27.